The van der Waals surface area contributed by atoms with Gasteiger partial charge in [-0.3, -0.25) is 0 Å². The van der Waals surface area contributed by atoms with Crippen molar-refractivity contribution in [3.63, 3.8) is 0 Å². The van der Waals surface area contributed by atoms with Gasteiger partial charge in [0.05, 0.1) is 0 Å². The summed E-state index contributed by atoms with van der Waals surface area (Å²) in [7, 11) is 0. The van der Waals surface area contributed by atoms with E-state index in [9.17, 15) is 0 Å². The molecule has 2 rings (SSSR count). The van der Waals surface area contributed by atoms with Gasteiger partial charge in [0.2, 0.25) is 0 Å². The molecule has 0 aliphatic heterocycles. The Balaban J connectivity index is 2.21. The van der Waals surface area contributed by atoms with Crippen LogP contribution in [-0.4, -0.2) is 6.04 Å². The molecule has 1 saturated carbocycles. The second-order valence-corrected chi connectivity index (χ2v) is 6.36. The van der Waals surface area contributed by atoms with Crippen molar-refractivity contribution < 1.29 is 0 Å². The largest absolute Gasteiger partial charge is 0.328 e. The molecule has 94 valence electrons. The third-order valence-electron chi connectivity index (χ3n) is 4.05. The Labute approximate surface area is 105 Å². The Morgan fingerprint density at radius 2 is 2.18 bits per heavy atom. The van der Waals surface area contributed by atoms with Crippen LogP contribution >= 0.6 is 0 Å². The van der Waals surface area contributed by atoms with E-state index in [0.717, 1.165) is 12.3 Å². The van der Waals surface area contributed by atoms with Gasteiger partial charge in [-0.2, -0.15) is 0 Å². The highest BCUT2D eigenvalue weighted by Crippen LogP contribution is 2.40. The van der Waals surface area contributed by atoms with E-state index in [1.807, 2.05) is 0 Å². The summed E-state index contributed by atoms with van der Waals surface area (Å²) in [5.41, 5.74) is 9.34. The summed E-state index contributed by atoms with van der Waals surface area (Å²) in [6.07, 6.45) is 4.72. The fourth-order valence-corrected chi connectivity index (χ4v) is 3.09. The molecule has 17 heavy (non-hydrogen) atoms. The third kappa shape index (κ3) is 2.90. The van der Waals surface area contributed by atoms with Crippen molar-refractivity contribution in [2.75, 3.05) is 0 Å². The zero-order chi connectivity index (χ0) is 12.5. The monoisotopic (exact) mass is 231 g/mol. The maximum Gasteiger partial charge on any atom is 0.00475 e. The van der Waals surface area contributed by atoms with Crippen LogP contribution in [0.2, 0.25) is 0 Å². The summed E-state index contributed by atoms with van der Waals surface area (Å²) >= 11 is 0. The number of rotatable bonds is 3. The highest BCUT2D eigenvalue weighted by atomic mass is 14.7. The molecule has 0 heterocycles. The van der Waals surface area contributed by atoms with Crippen molar-refractivity contribution in [2.45, 2.75) is 57.9 Å². The molecule has 1 heteroatoms. The van der Waals surface area contributed by atoms with Crippen molar-refractivity contribution in [1.29, 1.82) is 0 Å². The molecule has 1 nitrogen and oxygen atoms in total. The Morgan fingerprint density at radius 1 is 1.41 bits per heavy atom. The van der Waals surface area contributed by atoms with Crippen molar-refractivity contribution >= 4 is 0 Å². The fourth-order valence-electron chi connectivity index (χ4n) is 3.09. The molecule has 0 saturated heterocycles. The first-order valence-corrected chi connectivity index (χ1v) is 6.84. The van der Waals surface area contributed by atoms with E-state index in [0.29, 0.717) is 11.5 Å². The number of benzene rings is 1. The smallest absolute Gasteiger partial charge is 0.00475 e. The van der Waals surface area contributed by atoms with Crippen molar-refractivity contribution in [3.05, 3.63) is 35.4 Å². The van der Waals surface area contributed by atoms with Crippen LogP contribution in [0.25, 0.3) is 0 Å². The van der Waals surface area contributed by atoms with E-state index in [-0.39, 0.29) is 0 Å². The van der Waals surface area contributed by atoms with E-state index in [2.05, 4.69) is 45.0 Å². The first kappa shape index (κ1) is 12.6. The molecular formula is C16H25N. The lowest BCUT2D eigenvalue weighted by atomic mass is 9.80. The van der Waals surface area contributed by atoms with Crippen LogP contribution in [0.15, 0.2) is 24.3 Å². The molecule has 0 spiro atoms. The minimum Gasteiger partial charge on any atom is -0.328 e. The molecule has 2 atom stereocenters. The molecule has 2 unspecified atom stereocenters. The van der Waals surface area contributed by atoms with E-state index in [1.54, 1.807) is 0 Å². The van der Waals surface area contributed by atoms with Gasteiger partial charge in [-0.1, -0.05) is 45.0 Å². The summed E-state index contributed by atoms with van der Waals surface area (Å²) in [5.74, 6) is 0.726. The van der Waals surface area contributed by atoms with Crippen molar-refractivity contribution in [2.24, 2.45) is 11.7 Å². The highest BCUT2D eigenvalue weighted by Gasteiger charge is 2.34. The van der Waals surface area contributed by atoms with Crippen LogP contribution in [0.1, 0.15) is 51.2 Å². The Bertz CT molecular complexity index is 383. The SMILES string of the molecule is CC(C)Cc1cccc(C2(C)CCC(N)C2)c1. The third-order valence-corrected chi connectivity index (χ3v) is 4.05. The number of hydrogen-bond acceptors (Lipinski definition) is 1. The molecule has 1 fully saturated rings. The van der Waals surface area contributed by atoms with Gasteiger partial charge >= 0.3 is 0 Å². The average Bonchev–Trinajstić information content (AvgIpc) is 2.59. The number of nitrogens with two attached hydrogens (primary N) is 1. The summed E-state index contributed by atoms with van der Waals surface area (Å²) < 4.78 is 0. The fraction of sp³-hybridized carbons (Fsp3) is 0.625. The lowest BCUT2D eigenvalue weighted by Crippen LogP contribution is -2.22. The normalized spacial score (nSPS) is 28.9. The minimum atomic E-state index is 0.312. The summed E-state index contributed by atoms with van der Waals surface area (Å²) in [5, 5.41) is 0. The van der Waals surface area contributed by atoms with E-state index in [1.165, 1.54) is 30.4 Å². The summed E-state index contributed by atoms with van der Waals surface area (Å²) in [4.78, 5) is 0. The Morgan fingerprint density at radius 3 is 2.76 bits per heavy atom. The zero-order valence-electron chi connectivity index (χ0n) is 11.4. The van der Waals surface area contributed by atoms with Crippen LogP contribution in [0, 0.1) is 5.92 Å². The van der Waals surface area contributed by atoms with Gasteiger partial charge < -0.3 is 5.73 Å². The Kier molecular flexibility index (Phi) is 3.58. The second kappa shape index (κ2) is 4.81. The molecule has 2 N–H and O–H groups in total. The van der Waals surface area contributed by atoms with Crippen molar-refractivity contribution in [3.8, 4) is 0 Å². The molecule has 0 aromatic heterocycles. The lowest BCUT2D eigenvalue weighted by molar-refractivity contribution is 0.481. The molecule has 1 aromatic carbocycles. The topological polar surface area (TPSA) is 26.0 Å². The Hall–Kier alpha value is -0.820. The van der Waals surface area contributed by atoms with Crippen LogP contribution < -0.4 is 5.73 Å². The molecule has 1 aliphatic carbocycles. The first-order valence-electron chi connectivity index (χ1n) is 6.84. The predicted octanol–water partition coefficient (Wildman–Crippen LogP) is 3.65. The molecular weight excluding hydrogens is 206 g/mol. The van der Waals surface area contributed by atoms with Gasteiger partial charge in [-0.15, -0.1) is 0 Å². The van der Waals surface area contributed by atoms with E-state index < -0.39 is 0 Å². The predicted molar refractivity (Wildman–Crippen MR) is 74.2 cm³/mol. The lowest BCUT2D eigenvalue weighted by Gasteiger charge is -2.25. The number of hydrogen-bond donors (Lipinski definition) is 1. The van der Waals surface area contributed by atoms with Gasteiger partial charge in [0.15, 0.2) is 0 Å². The first-order chi connectivity index (χ1) is 7.99. The highest BCUT2D eigenvalue weighted by molar-refractivity contribution is 5.31. The molecule has 0 radical (unpaired) electrons. The van der Waals surface area contributed by atoms with Crippen LogP contribution in [-0.2, 0) is 11.8 Å². The average molecular weight is 231 g/mol. The second-order valence-electron chi connectivity index (χ2n) is 6.36. The molecule has 0 bridgehead atoms. The maximum absolute atomic E-state index is 6.07. The van der Waals surface area contributed by atoms with Crippen LogP contribution in [0.3, 0.4) is 0 Å². The summed E-state index contributed by atoms with van der Waals surface area (Å²) in [6, 6.07) is 9.54. The van der Waals surface area contributed by atoms with Crippen LogP contribution in [0.4, 0.5) is 0 Å². The quantitative estimate of drug-likeness (QED) is 0.844. The molecule has 0 amide bonds. The van der Waals surface area contributed by atoms with Gasteiger partial charge in [-0.25, -0.2) is 0 Å². The van der Waals surface area contributed by atoms with Gasteiger partial charge in [0.1, 0.15) is 0 Å². The standard InChI is InChI=1S/C16H25N/c1-12(2)9-13-5-4-6-14(10-13)16(3)8-7-15(17)11-16/h4-6,10,12,15H,7-9,11,17H2,1-3H3. The van der Waals surface area contributed by atoms with E-state index >= 15 is 0 Å². The van der Waals surface area contributed by atoms with E-state index in [4.69, 9.17) is 5.73 Å². The van der Waals surface area contributed by atoms with Gasteiger partial charge in [0.25, 0.3) is 0 Å². The van der Waals surface area contributed by atoms with Gasteiger partial charge in [0, 0.05) is 6.04 Å². The van der Waals surface area contributed by atoms with Crippen LogP contribution in [0.5, 0.6) is 0 Å². The zero-order valence-corrected chi connectivity index (χ0v) is 11.4. The minimum absolute atomic E-state index is 0.312. The molecule has 1 aromatic rings. The maximum atomic E-state index is 6.07. The van der Waals surface area contributed by atoms with Gasteiger partial charge in [-0.05, 0) is 48.1 Å². The molecule has 1 aliphatic rings. The van der Waals surface area contributed by atoms with Crippen molar-refractivity contribution in [1.82, 2.24) is 0 Å². The summed E-state index contributed by atoms with van der Waals surface area (Å²) in [6.45, 7) is 6.92.